The third-order valence-corrected chi connectivity index (χ3v) is 7.37. The Morgan fingerprint density at radius 2 is 1.44 bits per heavy atom. The van der Waals surface area contributed by atoms with Crippen molar-refractivity contribution in [3.05, 3.63) is 96.1 Å². The Labute approximate surface area is 211 Å². The van der Waals surface area contributed by atoms with Crippen molar-refractivity contribution in [3.63, 3.8) is 0 Å². The second-order valence-electron chi connectivity index (χ2n) is 7.13. The van der Waals surface area contributed by atoms with Gasteiger partial charge in [0.05, 0.1) is 36.7 Å². The molecule has 9 heteroatoms. The van der Waals surface area contributed by atoms with Gasteiger partial charge in [0.25, 0.3) is 0 Å². The lowest BCUT2D eigenvalue weighted by atomic mass is 10.3. The quantitative estimate of drug-likeness (QED) is 0.583. The molecule has 2 aliphatic heterocycles. The fourth-order valence-corrected chi connectivity index (χ4v) is 6.03. The first-order valence-electron chi connectivity index (χ1n) is 10.7. The highest BCUT2D eigenvalue weighted by atomic mass is 35.7. The molecule has 34 heavy (non-hydrogen) atoms. The van der Waals surface area contributed by atoms with Crippen LogP contribution < -0.4 is 23.8 Å². The molecule has 2 aromatic rings. The first kappa shape index (κ1) is 26.4. The van der Waals surface area contributed by atoms with Crippen LogP contribution >= 0.6 is 23.5 Å². The topological polar surface area (TPSA) is 95.9 Å². The highest BCUT2D eigenvalue weighted by molar-refractivity contribution is 8.03. The number of halogens is 1. The summed E-state index contributed by atoms with van der Waals surface area (Å²) in [4.78, 5) is 7.51. The van der Waals surface area contributed by atoms with E-state index in [9.17, 15) is 0 Å². The monoisotopic (exact) mass is 518 g/mol. The highest BCUT2D eigenvalue weighted by Crippen LogP contribution is 2.45. The van der Waals surface area contributed by atoms with E-state index in [1.807, 2.05) is 23.5 Å². The molecule has 0 amide bonds. The molecule has 2 aliphatic rings. The van der Waals surface area contributed by atoms with Crippen molar-refractivity contribution in [1.82, 2.24) is 0 Å². The van der Waals surface area contributed by atoms with Crippen LogP contribution in [0.15, 0.2) is 106 Å². The van der Waals surface area contributed by atoms with Crippen LogP contribution in [0.5, 0.6) is 0 Å². The van der Waals surface area contributed by atoms with Crippen LogP contribution in [0.4, 0.5) is 11.4 Å². The smallest absolute Gasteiger partial charge is 0.0985 e. The van der Waals surface area contributed by atoms with E-state index in [0.717, 1.165) is 13.1 Å². The zero-order valence-electron chi connectivity index (χ0n) is 18.9. The standard InChI is InChI=1S/C25H26N2S2.ClHO4/c1-3-26-20-14-10-12-16-22(20)28-24(26)18-8-6-5-7-9-19-25-27(4-2)21-15-11-13-17-23(21)29-25;2-1(3,4)5/h5-19,24H,3-4H2,1-2H3;(H,2,3,4,5). The molecule has 2 aromatic carbocycles. The lowest BCUT2D eigenvalue weighted by Crippen LogP contribution is -2.58. The molecule has 2 heterocycles. The van der Waals surface area contributed by atoms with Crippen LogP contribution in [0, 0.1) is 10.2 Å². The fraction of sp³-hybridized carbons (Fsp3) is 0.200. The number of likely N-dealkylation sites (N-methyl/N-ethyl adjacent to an activating group) is 1. The molecule has 0 aromatic heterocycles. The summed E-state index contributed by atoms with van der Waals surface area (Å²) >= 11 is 3.76. The number of anilines is 2. The second-order valence-corrected chi connectivity index (χ2v) is 10.1. The average molecular weight is 519 g/mol. The number of fused-ring (bicyclic) bond motifs is 2. The van der Waals surface area contributed by atoms with Gasteiger partial charge in [0.2, 0.25) is 0 Å². The Hall–Kier alpha value is -2.17. The minimum Gasteiger partial charge on any atom is -0.355 e. The number of hydrogen-bond donors (Lipinski definition) is 1. The van der Waals surface area contributed by atoms with E-state index in [1.165, 1.54) is 26.2 Å². The maximum absolute atomic E-state index is 8.60. The summed E-state index contributed by atoms with van der Waals surface area (Å²) in [5.74, 6) is 0. The summed E-state index contributed by atoms with van der Waals surface area (Å²) in [6, 6.07) is 17.3. The van der Waals surface area contributed by atoms with Crippen LogP contribution in [0.2, 0.25) is 0 Å². The number of para-hydroxylation sites is 2. The number of allylic oxidation sites excluding steroid dienone is 6. The van der Waals surface area contributed by atoms with Crippen molar-refractivity contribution >= 4 is 34.9 Å². The van der Waals surface area contributed by atoms with Crippen LogP contribution in [0.3, 0.4) is 0 Å². The first-order chi connectivity index (χ1) is 16.3. The van der Waals surface area contributed by atoms with Crippen molar-refractivity contribution in [3.8, 4) is 0 Å². The molecule has 0 spiro atoms. The zero-order valence-corrected chi connectivity index (χ0v) is 21.3. The van der Waals surface area contributed by atoms with Gasteiger partial charge in [-0.05, 0) is 44.2 Å². The molecule has 0 fully saturated rings. The van der Waals surface area contributed by atoms with Crippen LogP contribution in [0.25, 0.3) is 0 Å². The van der Waals surface area contributed by atoms with E-state index in [1.54, 1.807) is 0 Å². The average Bonchev–Trinajstić information content (AvgIpc) is 3.34. The molecule has 0 saturated heterocycles. The van der Waals surface area contributed by atoms with Gasteiger partial charge in [0.1, 0.15) is 0 Å². The number of nitrogens with zero attached hydrogens (tertiary/aromatic N) is 2. The van der Waals surface area contributed by atoms with Gasteiger partial charge in [-0.2, -0.15) is 14.0 Å². The maximum atomic E-state index is 8.60. The Morgan fingerprint density at radius 1 is 0.853 bits per heavy atom. The third kappa shape index (κ3) is 7.41. The van der Waals surface area contributed by atoms with E-state index in [2.05, 4.69) is 115 Å². The van der Waals surface area contributed by atoms with Crippen molar-refractivity contribution < 1.29 is 28.9 Å². The molecule has 0 radical (unpaired) electrons. The van der Waals surface area contributed by atoms with E-state index >= 15 is 0 Å². The summed E-state index contributed by atoms with van der Waals surface area (Å²) in [6.45, 7) is 6.42. The molecule has 1 unspecified atom stereocenters. The van der Waals surface area contributed by atoms with Crippen LogP contribution in [0.1, 0.15) is 13.8 Å². The zero-order chi connectivity index (χ0) is 24.6. The SMILES string of the molecule is CCN1C(=CC=CC=CC=CC2Sc3ccccc3N2CC)Sc2ccccc21.[O-][Cl+3]([O-])([O-])O. The summed E-state index contributed by atoms with van der Waals surface area (Å²) < 4.78 is 32.7. The molecule has 0 aliphatic carbocycles. The van der Waals surface area contributed by atoms with E-state index in [-0.39, 0.29) is 0 Å². The number of rotatable bonds is 6. The lowest BCUT2D eigenvalue weighted by Gasteiger charge is -2.22. The van der Waals surface area contributed by atoms with Gasteiger partial charge in [-0.25, -0.2) is 0 Å². The predicted molar refractivity (Wildman–Crippen MR) is 132 cm³/mol. The van der Waals surface area contributed by atoms with E-state index in [0.29, 0.717) is 5.37 Å². The van der Waals surface area contributed by atoms with Gasteiger partial charge in [-0.3, -0.25) is 0 Å². The van der Waals surface area contributed by atoms with E-state index in [4.69, 9.17) is 18.6 Å². The largest absolute Gasteiger partial charge is 0.355 e. The number of thioether (sulfide) groups is 2. The van der Waals surface area contributed by atoms with Crippen molar-refractivity contribution in [2.75, 3.05) is 22.9 Å². The normalized spacial score (nSPS) is 18.8. The van der Waals surface area contributed by atoms with Gasteiger partial charge in [0, 0.05) is 22.9 Å². The highest BCUT2D eigenvalue weighted by Gasteiger charge is 2.26. The fourth-order valence-electron chi connectivity index (χ4n) is 3.61. The minimum absolute atomic E-state index is 0.375. The summed E-state index contributed by atoms with van der Waals surface area (Å²) in [7, 11) is -4.69. The molecule has 0 saturated carbocycles. The summed E-state index contributed by atoms with van der Waals surface area (Å²) in [5.41, 5.74) is 2.66. The Morgan fingerprint density at radius 3 is 2.12 bits per heavy atom. The molecule has 1 atom stereocenters. The van der Waals surface area contributed by atoms with Crippen LogP contribution in [-0.4, -0.2) is 23.1 Å². The molecule has 1 N–H and O–H groups in total. The van der Waals surface area contributed by atoms with Crippen LogP contribution in [-0.2, 0) is 0 Å². The molecular weight excluding hydrogens is 492 g/mol. The van der Waals surface area contributed by atoms with E-state index < -0.39 is 10.2 Å². The van der Waals surface area contributed by atoms with Gasteiger partial charge in [0.15, 0.2) is 0 Å². The predicted octanol–water partition coefficient (Wildman–Crippen LogP) is 2.96. The van der Waals surface area contributed by atoms with Gasteiger partial charge in [-0.1, -0.05) is 84.2 Å². The summed E-state index contributed by atoms with van der Waals surface area (Å²) in [6.07, 6.45) is 15.1. The minimum atomic E-state index is -4.69. The second kappa shape index (κ2) is 12.5. The van der Waals surface area contributed by atoms with Crippen molar-refractivity contribution in [1.29, 1.82) is 0 Å². The van der Waals surface area contributed by atoms with Crippen molar-refractivity contribution in [2.24, 2.45) is 0 Å². The Bertz CT molecular complexity index is 1080. The van der Waals surface area contributed by atoms with Crippen molar-refractivity contribution in [2.45, 2.75) is 29.0 Å². The Balaban J connectivity index is 0.000000588. The molecular formula is C25H27ClN2O4S2. The number of hydrogen-bond acceptors (Lipinski definition) is 8. The van der Waals surface area contributed by atoms with Gasteiger partial charge in [-0.15, -0.1) is 0 Å². The molecule has 0 bridgehead atoms. The first-order valence-corrected chi connectivity index (χ1v) is 13.7. The third-order valence-electron chi connectivity index (χ3n) is 4.98. The summed E-state index contributed by atoms with van der Waals surface area (Å²) in [5, 5.41) is 1.66. The molecule has 6 nitrogen and oxygen atoms in total. The van der Waals surface area contributed by atoms with Gasteiger partial charge < -0.3 is 9.80 Å². The molecule has 180 valence electrons. The Kier molecular flexibility index (Phi) is 9.73. The molecule has 4 rings (SSSR count). The number of benzene rings is 2. The van der Waals surface area contributed by atoms with Gasteiger partial charge >= 0.3 is 0 Å². The lowest BCUT2D eigenvalue weighted by molar-refractivity contribution is -1.92. The maximum Gasteiger partial charge on any atom is 0.0985 e.